The Labute approximate surface area is 127 Å². The zero-order chi connectivity index (χ0) is 15.2. The Balaban J connectivity index is 1.88. The molecule has 1 N–H and O–H groups in total. The van der Waals surface area contributed by atoms with Gasteiger partial charge in [-0.15, -0.1) is 0 Å². The van der Waals surface area contributed by atoms with E-state index in [1.165, 1.54) is 22.5 Å². The van der Waals surface area contributed by atoms with Crippen LogP contribution in [0.15, 0.2) is 30.3 Å². The molecule has 0 aliphatic rings. The van der Waals surface area contributed by atoms with Crippen LogP contribution < -0.4 is 10.1 Å². The summed E-state index contributed by atoms with van der Waals surface area (Å²) in [4.78, 5) is 0. The predicted molar refractivity (Wildman–Crippen MR) is 88.0 cm³/mol. The van der Waals surface area contributed by atoms with Gasteiger partial charge in [-0.1, -0.05) is 18.2 Å². The first-order valence-corrected chi connectivity index (χ1v) is 7.65. The molecule has 0 unspecified atom stereocenters. The molecule has 0 saturated carbocycles. The Morgan fingerprint density at radius 3 is 2.57 bits per heavy atom. The number of benzene rings is 1. The molecule has 0 spiro atoms. The molecule has 0 fully saturated rings. The monoisotopic (exact) mass is 286 g/mol. The SMILES string of the molecule is CCn1c(C)cc(CNCCc2ccccc2OC)c1C. The minimum atomic E-state index is 0.925. The van der Waals surface area contributed by atoms with Crippen LogP contribution in [0.25, 0.3) is 0 Å². The van der Waals surface area contributed by atoms with Crippen molar-refractivity contribution in [3.05, 3.63) is 52.8 Å². The number of para-hydroxylation sites is 1. The second-order valence-corrected chi connectivity index (χ2v) is 5.38. The van der Waals surface area contributed by atoms with Gasteiger partial charge in [0.25, 0.3) is 0 Å². The third-order valence-electron chi connectivity index (χ3n) is 4.07. The molecule has 2 rings (SSSR count). The van der Waals surface area contributed by atoms with E-state index in [2.05, 4.69) is 48.9 Å². The maximum atomic E-state index is 5.38. The van der Waals surface area contributed by atoms with Crippen LogP contribution in [0, 0.1) is 13.8 Å². The molecular formula is C18H26N2O. The molecule has 0 atom stereocenters. The van der Waals surface area contributed by atoms with Gasteiger partial charge in [0, 0.05) is 24.5 Å². The molecule has 21 heavy (non-hydrogen) atoms. The molecule has 1 aromatic carbocycles. The van der Waals surface area contributed by atoms with Gasteiger partial charge in [-0.25, -0.2) is 0 Å². The molecule has 3 nitrogen and oxygen atoms in total. The molecule has 0 aliphatic heterocycles. The van der Waals surface area contributed by atoms with Gasteiger partial charge < -0.3 is 14.6 Å². The lowest BCUT2D eigenvalue weighted by Crippen LogP contribution is -2.17. The second-order valence-electron chi connectivity index (χ2n) is 5.38. The molecule has 114 valence electrons. The van der Waals surface area contributed by atoms with Crippen molar-refractivity contribution in [2.75, 3.05) is 13.7 Å². The number of nitrogens with one attached hydrogen (secondary N) is 1. The van der Waals surface area contributed by atoms with E-state index in [1.807, 2.05) is 12.1 Å². The molecule has 2 aromatic rings. The van der Waals surface area contributed by atoms with Gasteiger partial charge >= 0.3 is 0 Å². The van der Waals surface area contributed by atoms with Crippen molar-refractivity contribution in [3.63, 3.8) is 0 Å². The van der Waals surface area contributed by atoms with Crippen LogP contribution in [0.1, 0.15) is 29.4 Å². The van der Waals surface area contributed by atoms with Gasteiger partial charge in [0.2, 0.25) is 0 Å². The van der Waals surface area contributed by atoms with Gasteiger partial charge in [-0.05, 0) is 57.0 Å². The van der Waals surface area contributed by atoms with Gasteiger partial charge in [0.15, 0.2) is 0 Å². The fraction of sp³-hybridized carbons (Fsp3) is 0.444. The lowest BCUT2D eigenvalue weighted by atomic mass is 10.1. The van der Waals surface area contributed by atoms with Crippen molar-refractivity contribution < 1.29 is 4.74 Å². The molecule has 0 amide bonds. The first-order valence-electron chi connectivity index (χ1n) is 7.65. The van der Waals surface area contributed by atoms with E-state index in [0.717, 1.165) is 31.8 Å². The largest absolute Gasteiger partial charge is 0.496 e. The van der Waals surface area contributed by atoms with Crippen LogP contribution in [-0.2, 0) is 19.5 Å². The minimum Gasteiger partial charge on any atom is -0.496 e. The summed E-state index contributed by atoms with van der Waals surface area (Å²) >= 11 is 0. The van der Waals surface area contributed by atoms with Crippen molar-refractivity contribution in [2.24, 2.45) is 0 Å². The van der Waals surface area contributed by atoms with Gasteiger partial charge in [-0.3, -0.25) is 0 Å². The van der Waals surface area contributed by atoms with E-state index in [-0.39, 0.29) is 0 Å². The number of rotatable bonds is 7. The normalized spacial score (nSPS) is 10.9. The van der Waals surface area contributed by atoms with Crippen LogP contribution in [0.5, 0.6) is 5.75 Å². The van der Waals surface area contributed by atoms with E-state index in [9.17, 15) is 0 Å². The summed E-state index contributed by atoms with van der Waals surface area (Å²) in [7, 11) is 1.73. The van der Waals surface area contributed by atoms with Crippen molar-refractivity contribution >= 4 is 0 Å². The fourth-order valence-electron chi connectivity index (χ4n) is 2.89. The number of hydrogen-bond acceptors (Lipinski definition) is 2. The minimum absolute atomic E-state index is 0.925. The molecule has 1 heterocycles. The summed E-state index contributed by atoms with van der Waals surface area (Å²) in [5, 5.41) is 3.54. The fourth-order valence-corrected chi connectivity index (χ4v) is 2.89. The topological polar surface area (TPSA) is 26.2 Å². The van der Waals surface area contributed by atoms with Gasteiger partial charge in [-0.2, -0.15) is 0 Å². The highest BCUT2D eigenvalue weighted by Crippen LogP contribution is 2.18. The third kappa shape index (κ3) is 3.67. The average Bonchev–Trinajstić information content (AvgIpc) is 2.77. The molecule has 3 heteroatoms. The van der Waals surface area contributed by atoms with E-state index in [0.29, 0.717) is 0 Å². The van der Waals surface area contributed by atoms with Crippen LogP contribution in [0.2, 0.25) is 0 Å². The highest BCUT2D eigenvalue weighted by Gasteiger charge is 2.07. The van der Waals surface area contributed by atoms with Crippen LogP contribution in [0.3, 0.4) is 0 Å². The number of hydrogen-bond donors (Lipinski definition) is 1. The summed E-state index contributed by atoms with van der Waals surface area (Å²) in [6.07, 6.45) is 0.983. The standard InChI is InChI=1S/C18H26N2O/c1-5-20-14(2)12-17(15(20)3)13-19-11-10-16-8-6-7-9-18(16)21-4/h6-9,12,19H,5,10-11,13H2,1-4H3. The summed E-state index contributed by atoms with van der Waals surface area (Å²) in [6, 6.07) is 10.5. The maximum absolute atomic E-state index is 5.38. The van der Waals surface area contributed by atoms with Gasteiger partial charge in [0.1, 0.15) is 5.75 Å². The quantitative estimate of drug-likeness (QED) is 0.789. The summed E-state index contributed by atoms with van der Waals surface area (Å²) in [6.45, 7) is 9.49. The molecule has 1 aromatic heterocycles. The smallest absolute Gasteiger partial charge is 0.122 e. The molecule has 0 bridgehead atoms. The maximum Gasteiger partial charge on any atom is 0.122 e. The van der Waals surface area contributed by atoms with Crippen molar-refractivity contribution in [2.45, 2.75) is 40.3 Å². The van der Waals surface area contributed by atoms with E-state index in [1.54, 1.807) is 7.11 Å². The van der Waals surface area contributed by atoms with Crippen molar-refractivity contribution in [3.8, 4) is 5.75 Å². The Hall–Kier alpha value is -1.74. The van der Waals surface area contributed by atoms with Crippen molar-refractivity contribution in [1.82, 2.24) is 9.88 Å². The number of methoxy groups -OCH3 is 1. The average molecular weight is 286 g/mol. The summed E-state index contributed by atoms with van der Waals surface area (Å²) in [5.74, 6) is 0.975. The van der Waals surface area contributed by atoms with Crippen LogP contribution in [-0.4, -0.2) is 18.2 Å². The zero-order valence-corrected chi connectivity index (χ0v) is 13.6. The summed E-state index contributed by atoms with van der Waals surface area (Å²) < 4.78 is 7.74. The molecule has 0 aliphatic carbocycles. The highest BCUT2D eigenvalue weighted by molar-refractivity contribution is 5.33. The zero-order valence-electron chi connectivity index (χ0n) is 13.6. The van der Waals surface area contributed by atoms with E-state index >= 15 is 0 Å². The number of aryl methyl sites for hydroxylation is 1. The first kappa shape index (κ1) is 15.6. The summed E-state index contributed by atoms with van der Waals surface area (Å²) in [5.41, 5.74) is 5.37. The molecular weight excluding hydrogens is 260 g/mol. The Kier molecular flexibility index (Phi) is 5.45. The predicted octanol–water partition coefficient (Wildman–Crippen LogP) is 3.47. The lowest BCUT2D eigenvalue weighted by molar-refractivity contribution is 0.409. The molecule has 0 saturated heterocycles. The number of aromatic nitrogens is 1. The second kappa shape index (κ2) is 7.32. The highest BCUT2D eigenvalue weighted by atomic mass is 16.5. The van der Waals surface area contributed by atoms with Crippen LogP contribution in [0.4, 0.5) is 0 Å². The third-order valence-corrected chi connectivity index (χ3v) is 4.07. The molecule has 0 radical (unpaired) electrons. The van der Waals surface area contributed by atoms with Gasteiger partial charge in [0.05, 0.1) is 7.11 Å². The first-order chi connectivity index (χ1) is 10.2. The van der Waals surface area contributed by atoms with Crippen molar-refractivity contribution in [1.29, 1.82) is 0 Å². The number of ether oxygens (including phenoxy) is 1. The van der Waals surface area contributed by atoms with Crippen LogP contribution >= 0.6 is 0 Å². The van der Waals surface area contributed by atoms with E-state index < -0.39 is 0 Å². The Bertz CT molecular complexity index is 587. The Morgan fingerprint density at radius 1 is 1.14 bits per heavy atom. The number of nitrogens with zero attached hydrogens (tertiary/aromatic N) is 1. The Morgan fingerprint density at radius 2 is 1.90 bits per heavy atom. The lowest BCUT2D eigenvalue weighted by Gasteiger charge is -2.09. The van der Waals surface area contributed by atoms with E-state index in [4.69, 9.17) is 4.74 Å².